The summed E-state index contributed by atoms with van der Waals surface area (Å²) in [6.07, 6.45) is -2.35. The first-order valence-corrected chi connectivity index (χ1v) is 3.37. The Hall–Kier alpha value is -1.14. The molecule has 0 fully saturated rings. The number of halogens is 3. The molecule has 0 atom stereocenters. The average Bonchev–Trinajstić information content (AvgIpc) is 1.99. The fraction of sp³-hybridized carbons (Fsp3) is 0.286. The van der Waals surface area contributed by atoms with Crippen molar-refractivity contribution in [1.82, 2.24) is 4.98 Å². The van der Waals surface area contributed by atoms with Crippen molar-refractivity contribution in [3.8, 4) is 0 Å². The van der Waals surface area contributed by atoms with Crippen molar-refractivity contribution in [1.29, 1.82) is 0 Å². The molecule has 0 unspecified atom stereocenters. The third-order valence-electron chi connectivity index (χ3n) is 1.36. The fourth-order valence-electron chi connectivity index (χ4n) is 0.823. The lowest BCUT2D eigenvalue weighted by Crippen LogP contribution is -2.11. The van der Waals surface area contributed by atoms with Gasteiger partial charge < -0.3 is 10.2 Å². The maximum atomic E-state index is 12.7. The minimum atomic E-state index is -1.82. The van der Waals surface area contributed by atoms with Crippen LogP contribution < -0.4 is 0 Å². The Bertz CT molecular complexity index is 317. The lowest BCUT2D eigenvalue weighted by atomic mass is 10.2. The first-order chi connectivity index (χ1) is 6.00. The van der Waals surface area contributed by atoms with Gasteiger partial charge in [0.2, 0.25) is 5.95 Å². The number of nitrogens with zero attached hydrogens (tertiary/aromatic N) is 1. The van der Waals surface area contributed by atoms with Crippen LogP contribution in [0.1, 0.15) is 5.56 Å². The quantitative estimate of drug-likeness (QED) is 0.526. The van der Waals surface area contributed by atoms with Gasteiger partial charge in [0.1, 0.15) is 0 Å². The number of hydrogen-bond acceptors (Lipinski definition) is 3. The van der Waals surface area contributed by atoms with E-state index in [-0.39, 0.29) is 5.56 Å². The van der Waals surface area contributed by atoms with Crippen LogP contribution in [0.15, 0.2) is 6.07 Å². The molecule has 0 spiro atoms. The van der Waals surface area contributed by atoms with Gasteiger partial charge >= 0.3 is 0 Å². The second-order valence-corrected chi connectivity index (χ2v) is 2.40. The van der Waals surface area contributed by atoms with Crippen LogP contribution in [0, 0.1) is 17.7 Å². The summed E-state index contributed by atoms with van der Waals surface area (Å²) in [5, 5.41) is 16.9. The number of hydrogen-bond donors (Lipinski definition) is 2. The summed E-state index contributed by atoms with van der Waals surface area (Å²) in [5.74, 6) is -4.11. The van der Waals surface area contributed by atoms with Gasteiger partial charge in [-0.15, -0.1) is 0 Å². The Morgan fingerprint density at radius 1 is 1.23 bits per heavy atom. The van der Waals surface area contributed by atoms with Gasteiger partial charge in [-0.25, -0.2) is 4.39 Å². The van der Waals surface area contributed by atoms with Crippen molar-refractivity contribution < 1.29 is 23.4 Å². The molecule has 13 heavy (non-hydrogen) atoms. The van der Waals surface area contributed by atoms with E-state index in [2.05, 4.69) is 4.98 Å². The maximum absolute atomic E-state index is 12.7. The molecule has 0 aromatic carbocycles. The van der Waals surface area contributed by atoms with Gasteiger partial charge in [-0.2, -0.15) is 13.8 Å². The Morgan fingerprint density at radius 3 is 2.38 bits per heavy atom. The highest BCUT2D eigenvalue weighted by Gasteiger charge is 2.13. The van der Waals surface area contributed by atoms with Gasteiger partial charge in [0.25, 0.3) is 5.95 Å². The van der Waals surface area contributed by atoms with Gasteiger partial charge in [-0.05, 0) is 6.07 Å². The van der Waals surface area contributed by atoms with Crippen LogP contribution in [0.2, 0.25) is 0 Å². The first-order valence-electron chi connectivity index (χ1n) is 3.37. The van der Waals surface area contributed by atoms with E-state index >= 15 is 0 Å². The van der Waals surface area contributed by atoms with E-state index in [0.717, 1.165) is 0 Å². The molecule has 72 valence electrons. The molecule has 0 aliphatic carbocycles. The van der Waals surface area contributed by atoms with E-state index in [1.54, 1.807) is 0 Å². The molecule has 0 amide bonds. The standard InChI is InChI=1S/C7H6F3NO2/c8-4-1-3(2-5(12)13)6(9)11-7(4)10/h1,5,12-13H,2H2. The minimum absolute atomic E-state index is 0.381. The summed E-state index contributed by atoms with van der Waals surface area (Å²) >= 11 is 0. The smallest absolute Gasteiger partial charge is 0.251 e. The molecule has 1 rings (SSSR count). The van der Waals surface area contributed by atoms with Gasteiger partial charge in [0, 0.05) is 12.0 Å². The lowest BCUT2D eigenvalue weighted by molar-refractivity contribution is -0.0388. The highest BCUT2D eigenvalue weighted by Crippen LogP contribution is 2.11. The Kier molecular flexibility index (Phi) is 2.84. The number of aliphatic hydroxyl groups is 2. The largest absolute Gasteiger partial charge is 0.368 e. The monoisotopic (exact) mass is 193 g/mol. The molecular formula is C7H6F3NO2. The highest BCUT2D eigenvalue weighted by atomic mass is 19.2. The van der Waals surface area contributed by atoms with Crippen LogP contribution in [-0.2, 0) is 6.42 Å². The molecule has 1 aromatic heterocycles. The molecule has 0 bridgehead atoms. The van der Waals surface area contributed by atoms with Crippen LogP contribution >= 0.6 is 0 Å². The third kappa shape index (κ3) is 2.40. The van der Waals surface area contributed by atoms with Crippen LogP contribution in [0.3, 0.4) is 0 Å². The predicted molar refractivity (Wildman–Crippen MR) is 36.0 cm³/mol. The molecule has 6 heteroatoms. The second kappa shape index (κ2) is 3.71. The van der Waals surface area contributed by atoms with E-state index in [1.165, 1.54) is 0 Å². The summed E-state index contributed by atoms with van der Waals surface area (Å²) < 4.78 is 37.3. The van der Waals surface area contributed by atoms with Gasteiger partial charge in [0.05, 0.1) is 0 Å². The molecule has 0 aliphatic heterocycles. The Balaban J connectivity index is 3.01. The number of rotatable bonds is 2. The molecule has 0 saturated carbocycles. The number of aromatic nitrogens is 1. The Labute approximate surface area is 71.5 Å². The maximum Gasteiger partial charge on any atom is 0.251 e. The molecule has 0 saturated heterocycles. The van der Waals surface area contributed by atoms with Crippen molar-refractivity contribution in [2.45, 2.75) is 12.7 Å². The highest BCUT2D eigenvalue weighted by molar-refractivity contribution is 5.13. The normalized spacial score (nSPS) is 10.9. The van der Waals surface area contributed by atoms with E-state index in [4.69, 9.17) is 10.2 Å². The zero-order valence-electron chi connectivity index (χ0n) is 6.34. The topological polar surface area (TPSA) is 53.4 Å². The SMILES string of the molecule is OC(O)Cc1cc(F)c(F)nc1F. The summed E-state index contributed by atoms with van der Waals surface area (Å²) in [6.45, 7) is 0. The summed E-state index contributed by atoms with van der Waals surface area (Å²) in [7, 11) is 0. The van der Waals surface area contributed by atoms with E-state index in [1.807, 2.05) is 0 Å². The molecule has 1 heterocycles. The molecule has 1 aromatic rings. The minimum Gasteiger partial charge on any atom is -0.368 e. The van der Waals surface area contributed by atoms with Crippen molar-refractivity contribution in [3.05, 3.63) is 29.3 Å². The summed E-state index contributed by atoms with van der Waals surface area (Å²) in [5.41, 5.74) is -0.381. The van der Waals surface area contributed by atoms with E-state index in [0.29, 0.717) is 6.07 Å². The van der Waals surface area contributed by atoms with Crippen molar-refractivity contribution >= 4 is 0 Å². The zero-order valence-corrected chi connectivity index (χ0v) is 6.34. The molecule has 3 nitrogen and oxygen atoms in total. The molecular weight excluding hydrogens is 187 g/mol. The Morgan fingerprint density at radius 2 is 1.85 bits per heavy atom. The number of aliphatic hydroxyl groups excluding tert-OH is 1. The predicted octanol–water partition coefficient (Wildman–Crippen LogP) is 0.352. The molecule has 0 radical (unpaired) electrons. The third-order valence-corrected chi connectivity index (χ3v) is 1.36. The summed E-state index contributed by atoms with van der Waals surface area (Å²) in [6, 6.07) is 0.539. The second-order valence-electron chi connectivity index (χ2n) is 2.40. The van der Waals surface area contributed by atoms with E-state index in [9.17, 15) is 13.2 Å². The average molecular weight is 193 g/mol. The van der Waals surface area contributed by atoms with Crippen LogP contribution in [0.4, 0.5) is 13.2 Å². The number of pyridine rings is 1. The van der Waals surface area contributed by atoms with Crippen molar-refractivity contribution in [3.63, 3.8) is 0 Å². The van der Waals surface area contributed by atoms with Crippen LogP contribution in [0.25, 0.3) is 0 Å². The van der Waals surface area contributed by atoms with Crippen LogP contribution in [-0.4, -0.2) is 21.5 Å². The van der Waals surface area contributed by atoms with Crippen molar-refractivity contribution in [2.24, 2.45) is 0 Å². The van der Waals surface area contributed by atoms with Gasteiger partial charge in [-0.3, -0.25) is 0 Å². The lowest BCUT2D eigenvalue weighted by Gasteiger charge is -2.04. The fourth-order valence-corrected chi connectivity index (χ4v) is 0.823. The zero-order chi connectivity index (χ0) is 10.0. The first kappa shape index (κ1) is 9.94. The van der Waals surface area contributed by atoms with Gasteiger partial charge in [0.15, 0.2) is 12.1 Å². The van der Waals surface area contributed by atoms with Crippen molar-refractivity contribution in [2.75, 3.05) is 0 Å². The molecule has 2 N–H and O–H groups in total. The van der Waals surface area contributed by atoms with Crippen LogP contribution in [0.5, 0.6) is 0 Å². The van der Waals surface area contributed by atoms with E-state index < -0.39 is 30.4 Å². The summed E-state index contributed by atoms with van der Waals surface area (Å²) in [4.78, 5) is 2.60. The molecule has 0 aliphatic rings. The van der Waals surface area contributed by atoms with Gasteiger partial charge in [-0.1, -0.05) is 0 Å².